The number of aromatic nitrogens is 1. The molecule has 1 rings (SSSR count). The highest BCUT2D eigenvalue weighted by molar-refractivity contribution is 5.64. The summed E-state index contributed by atoms with van der Waals surface area (Å²) in [6, 6.07) is 1.73. The van der Waals surface area contributed by atoms with Gasteiger partial charge in [0.1, 0.15) is 5.69 Å². The second kappa shape index (κ2) is 6.22. The number of rotatable bonds is 2. The minimum atomic E-state index is 0.664. The van der Waals surface area contributed by atoms with Crippen LogP contribution in [0, 0.1) is 0 Å². The highest BCUT2D eigenvalue weighted by Gasteiger charge is 1.93. The molecule has 0 saturated heterocycles. The third-order valence-electron chi connectivity index (χ3n) is 1.12. The summed E-state index contributed by atoms with van der Waals surface area (Å²) in [5, 5.41) is 0. The van der Waals surface area contributed by atoms with Crippen LogP contribution in [-0.2, 0) is 0 Å². The highest BCUT2D eigenvalue weighted by atomic mass is 14.8. The number of hydrogen-bond donors (Lipinski definition) is 0. The van der Waals surface area contributed by atoms with Crippen LogP contribution in [0.2, 0.25) is 0 Å². The molecule has 0 radical (unpaired) electrons. The first-order chi connectivity index (χ1) is 5.88. The number of aliphatic imine (C=N–C) groups is 2. The summed E-state index contributed by atoms with van der Waals surface area (Å²) < 4.78 is 0. The van der Waals surface area contributed by atoms with Crippen LogP contribution in [0.3, 0.4) is 0 Å². The van der Waals surface area contributed by atoms with E-state index in [-0.39, 0.29) is 0 Å². The zero-order valence-electron chi connectivity index (χ0n) is 7.49. The van der Waals surface area contributed by atoms with Crippen molar-refractivity contribution >= 4 is 24.8 Å². The van der Waals surface area contributed by atoms with Crippen LogP contribution in [-0.4, -0.2) is 18.4 Å². The van der Waals surface area contributed by atoms with Crippen LogP contribution >= 0.6 is 0 Å². The molecule has 1 aromatic heterocycles. The van der Waals surface area contributed by atoms with Crippen molar-refractivity contribution < 1.29 is 0 Å². The summed E-state index contributed by atoms with van der Waals surface area (Å²) in [6.07, 6.45) is 3.23. The van der Waals surface area contributed by atoms with Crippen molar-refractivity contribution in [1.82, 2.24) is 4.98 Å². The van der Waals surface area contributed by atoms with Crippen molar-refractivity contribution in [2.45, 2.75) is 13.8 Å². The first-order valence-electron chi connectivity index (χ1n) is 3.76. The third-order valence-corrected chi connectivity index (χ3v) is 1.12. The van der Waals surface area contributed by atoms with Gasteiger partial charge >= 0.3 is 0 Å². The minimum Gasteiger partial charge on any atom is -0.262 e. The molecule has 3 heteroatoms. The molecule has 0 aromatic carbocycles. The minimum absolute atomic E-state index is 0.664. The lowest BCUT2D eigenvalue weighted by molar-refractivity contribution is 1.30. The van der Waals surface area contributed by atoms with Gasteiger partial charge in [0, 0.05) is 6.20 Å². The molecule has 0 amide bonds. The molecule has 0 aliphatic carbocycles. The molecule has 12 heavy (non-hydrogen) atoms. The molecule has 0 atom stereocenters. The van der Waals surface area contributed by atoms with Gasteiger partial charge in [-0.05, 0) is 19.5 Å². The fourth-order valence-electron chi connectivity index (χ4n) is 0.634. The van der Waals surface area contributed by atoms with Crippen LogP contribution < -0.4 is 0 Å². The second-order valence-corrected chi connectivity index (χ2v) is 1.68. The van der Waals surface area contributed by atoms with E-state index >= 15 is 0 Å². The molecule has 1 heterocycles. The zero-order chi connectivity index (χ0) is 9.40. The average molecular weight is 163 g/mol. The Morgan fingerprint density at radius 3 is 2.17 bits per heavy atom. The molecule has 0 spiro atoms. The number of nitrogens with zero attached hydrogens (tertiary/aromatic N) is 3. The van der Waals surface area contributed by atoms with E-state index in [4.69, 9.17) is 0 Å². The summed E-state index contributed by atoms with van der Waals surface area (Å²) in [5.74, 6) is 0. The van der Waals surface area contributed by atoms with E-state index in [9.17, 15) is 0 Å². The van der Waals surface area contributed by atoms with Gasteiger partial charge in [0.2, 0.25) is 0 Å². The molecule has 0 N–H and O–H groups in total. The van der Waals surface area contributed by atoms with Gasteiger partial charge in [-0.25, -0.2) is 0 Å². The van der Waals surface area contributed by atoms with Crippen LogP contribution in [0.15, 0.2) is 28.4 Å². The van der Waals surface area contributed by atoms with E-state index in [0.717, 1.165) is 0 Å². The van der Waals surface area contributed by atoms with Crippen molar-refractivity contribution in [3.8, 4) is 0 Å². The monoisotopic (exact) mass is 163 g/mol. The fraction of sp³-hybridized carbons (Fsp3) is 0.222. The molecule has 0 aliphatic rings. The normalized spacial score (nSPS) is 7.83. The Morgan fingerprint density at radius 2 is 1.75 bits per heavy atom. The van der Waals surface area contributed by atoms with Crippen molar-refractivity contribution in [1.29, 1.82) is 0 Å². The summed E-state index contributed by atoms with van der Waals surface area (Å²) in [7, 11) is 0. The lowest BCUT2D eigenvalue weighted by atomic mass is 10.4. The van der Waals surface area contributed by atoms with Gasteiger partial charge in [-0.3, -0.25) is 15.0 Å². The van der Waals surface area contributed by atoms with Gasteiger partial charge in [-0.2, -0.15) is 0 Å². The van der Waals surface area contributed by atoms with Crippen LogP contribution in [0.5, 0.6) is 0 Å². The Bertz CT molecular complexity index is 229. The van der Waals surface area contributed by atoms with E-state index in [1.807, 2.05) is 13.8 Å². The van der Waals surface area contributed by atoms with Crippen LogP contribution in [0.1, 0.15) is 13.8 Å². The zero-order valence-corrected chi connectivity index (χ0v) is 7.49. The van der Waals surface area contributed by atoms with Crippen molar-refractivity contribution in [2.24, 2.45) is 9.98 Å². The van der Waals surface area contributed by atoms with E-state index < -0.39 is 0 Å². The SMILES string of the molecule is C=Nc1ccncc1N=C.CC. The summed E-state index contributed by atoms with van der Waals surface area (Å²) in [5.41, 5.74) is 1.38. The van der Waals surface area contributed by atoms with Crippen molar-refractivity contribution in [2.75, 3.05) is 0 Å². The Balaban J connectivity index is 0.000000561. The summed E-state index contributed by atoms with van der Waals surface area (Å²) >= 11 is 0. The van der Waals surface area contributed by atoms with Crippen LogP contribution in [0.4, 0.5) is 11.4 Å². The van der Waals surface area contributed by atoms with Gasteiger partial charge in [0.15, 0.2) is 0 Å². The fourth-order valence-corrected chi connectivity index (χ4v) is 0.634. The second-order valence-electron chi connectivity index (χ2n) is 1.68. The van der Waals surface area contributed by atoms with E-state index in [0.29, 0.717) is 11.4 Å². The lowest BCUT2D eigenvalue weighted by Gasteiger charge is -1.94. The smallest absolute Gasteiger partial charge is 0.106 e. The first kappa shape index (κ1) is 10.5. The summed E-state index contributed by atoms with van der Waals surface area (Å²) in [6.45, 7) is 10.7. The quantitative estimate of drug-likeness (QED) is 0.618. The molecule has 0 aliphatic heterocycles. The Hall–Kier alpha value is -1.51. The predicted octanol–water partition coefficient (Wildman–Crippen LogP) is 2.77. The van der Waals surface area contributed by atoms with Gasteiger partial charge in [0.05, 0.1) is 11.9 Å². The van der Waals surface area contributed by atoms with E-state index in [2.05, 4.69) is 28.4 Å². The molecule has 1 aromatic rings. The maximum Gasteiger partial charge on any atom is 0.106 e. The van der Waals surface area contributed by atoms with Gasteiger partial charge in [-0.1, -0.05) is 13.8 Å². The Morgan fingerprint density at radius 1 is 1.17 bits per heavy atom. The number of pyridine rings is 1. The Kier molecular flexibility index (Phi) is 5.43. The van der Waals surface area contributed by atoms with Crippen LogP contribution in [0.25, 0.3) is 0 Å². The van der Waals surface area contributed by atoms with E-state index in [1.54, 1.807) is 18.5 Å². The lowest BCUT2D eigenvalue weighted by Crippen LogP contribution is -1.69. The van der Waals surface area contributed by atoms with Gasteiger partial charge in [0.25, 0.3) is 0 Å². The molecule has 0 bridgehead atoms. The maximum atomic E-state index is 3.84. The third kappa shape index (κ3) is 2.62. The van der Waals surface area contributed by atoms with Crippen molar-refractivity contribution in [3.63, 3.8) is 0 Å². The van der Waals surface area contributed by atoms with Crippen molar-refractivity contribution in [3.05, 3.63) is 18.5 Å². The molecule has 0 unspecified atom stereocenters. The Labute approximate surface area is 72.9 Å². The van der Waals surface area contributed by atoms with E-state index in [1.165, 1.54) is 0 Å². The predicted molar refractivity (Wildman–Crippen MR) is 54.0 cm³/mol. The molecular formula is C9H13N3. The average Bonchev–Trinajstić information content (AvgIpc) is 2.20. The first-order valence-corrected chi connectivity index (χ1v) is 3.76. The van der Waals surface area contributed by atoms with Gasteiger partial charge < -0.3 is 0 Å². The number of hydrogen-bond acceptors (Lipinski definition) is 3. The highest BCUT2D eigenvalue weighted by Crippen LogP contribution is 2.24. The molecule has 64 valence electrons. The largest absolute Gasteiger partial charge is 0.262 e. The molecule has 3 nitrogen and oxygen atoms in total. The molecular weight excluding hydrogens is 150 g/mol. The summed E-state index contributed by atoms with van der Waals surface area (Å²) in [4.78, 5) is 11.3. The maximum absolute atomic E-state index is 3.84. The molecule has 0 fully saturated rings. The topological polar surface area (TPSA) is 37.6 Å². The standard InChI is InChI=1S/C7H7N3.C2H6/c1-8-6-3-4-10-5-7(6)9-2;1-2/h3-5H,1-2H2;1-2H3. The molecule has 0 saturated carbocycles. The van der Waals surface area contributed by atoms with Gasteiger partial charge in [-0.15, -0.1) is 0 Å².